The average molecular weight is 865 g/mol. The minimum atomic E-state index is -3.98. The minimum Gasteiger partial charge on any atom is -0.459 e. The number of esters is 4. The predicted octanol–water partition coefficient (Wildman–Crippen LogP) is 0.603. The van der Waals surface area contributed by atoms with E-state index in [1.54, 1.807) is 18.2 Å². The van der Waals surface area contributed by atoms with Crippen molar-refractivity contribution in [3.63, 3.8) is 0 Å². The predicted molar refractivity (Wildman–Crippen MR) is 206 cm³/mol. The zero-order valence-electron chi connectivity index (χ0n) is 33.9. The molecule has 2 fully saturated rings. The van der Waals surface area contributed by atoms with Gasteiger partial charge in [0.25, 0.3) is 0 Å². The Labute approximate surface area is 353 Å². The lowest BCUT2D eigenvalue weighted by Gasteiger charge is -2.58. The highest BCUT2D eigenvalue weighted by atomic mass is 16.8. The number of aliphatic hydroxyl groups is 4. The van der Waals surface area contributed by atoms with Crippen molar-refractivity contribution < 1.29 is 91.9 Å². The van der Waals surface area contributed by atoms with Gasteiger partial charge in [-0.2, -0.15) is 0 Å². The van der Waals surface area contributed by atoms with Crippen LogP contribution in [0.2, 0.25) is 0 Å². The maximum Gasteiger partial charge on any atom is 0.338 e. The number of carbonyl (C=O) groups excluding carboxylic acids is 8. The Bertz CT molecular complexity index is 2180. The third-order valence-electron chi connectivity index (χ3n) is 10.5. The van der Waals surface area contributed by atoms with Gasteiger partial charge in [-0.1, -0.05) is 54.6 Å². The standard InChI is InChI=1S/C43H44O19/c1-22(44)31(49)35-41(53,23(2)45)43(55,25(4)47)42(54,24(3)46)40(62-35)61-32-30(21-56-36(50)27-15-9-6-10-16-27)58-39(57-26(5)48)34(60-38(52)29-19-13-8-14-20-29)33(32)59-37(51)28-17-11-7-12-18-28/h6-20,30-35,39-40,49,53-55H,21H2,1-5H3/t30-,31?,32+,33+,34-,35-,39+,40-,41+,42+,43+/m1/s1. The van der Waals surface area contributed by atoms with E-state index in [-0.39, 0.29) is 16.7 Å². The van der Waals surface area contributed by atoms with Crippen LogP contribution in [0.1, 0.15) is 65.7 Å². The van der Waals surface area contributed by atoms with E-state index in [0.29, 0.717) is 20.8 Å². The van der Waals surface area contributed by atoms with Crippen molar-refractivity contribution in [1.29, 1.82) is 0 Å². The topological polar surface area (TPSA) is 282 Å². The Balaban J connectivity index is 1.75. The number of rotatable bonds is 15. The molecule has 19 nitrogen and oxygen atoms in total. The first-order valence-corrected chi connectivity index (χ1v) is 19.0. The van der Waals surface area contributed by atoms with Crippen LogP contribution in [0, 0.1) is 0 Å². The molecule has 3 aromatic carbocycles. The van der Waals surface area contributed by atoms with Gasteiger partial charge in [-0.25, -0.2) is 14.4 Å². The Morgan fingerprint density at radius 1 is 0.581 bits per heavy atom. The van der Waals surface area contributed by atoms with Crippen molar-refractivity contribution in [2.45, 2.75) is 101 Å². The van der Waals surface area contributed by atoms with E-state index in [0.717, 1.165) is 13.8 Å². The van der Waals surface area contributed by atoms with Crippen molar-refractivity contribution in [1.82, 2.24) is 0 Å². The van der Waals surface area contributed by atoms with Gasteiger partial charge in [0.05, 0.1) is 16.7 Å². The van der Waals surface area contributed by atoms with Crippen LogP contribution in [-0.4, -0.2) is 140 Å². The van der Waals surface area contributed by atoms with E-state index in [4.69, 9.17) is 33.2 Å². The number of carbonyl (C=O) groups is 8. The van der Waals surface area contributed by atoms with E-state index in [1.807, 2.05) is 0 Å². The molecule has 11 atom stereocenters. The third-order valence-corrected chi connectivity index (χ3v) is 10.5. The lowest BCUT2D eigenvalue weighted by molar-refractivity contribution is -0.396. The van der Waals surface area contributed by atoms with E-state index >= 15 is 0 Å². The summed E-state index contributed by atoms with van der Waals surface area (Å²) >= 11 is 0. The summed E-state index contributed by atoms with van der Waals surface area (Å²) in [4.78, 5) is 107. The van der Waals surface area contributed by atoms with Crippen LogP contribution in [-0.2, 0) is 57.1 Å². The highest BCUT2D eigenvalue weighted by molar-refractivity contribution is 6.05. The molecule has 2 aliphatic rings. The van der Waals surface area contributed by atoms with Crippen LogP contribution in [0.5, 0.6) is 0 Å². The van der Waals surface area contributed by atoms with Gasteiger partial charge in [-0.3, -0.25) is 24.0 Å². The van der Waals surface area contributed by atoms with Crippen molar-refractivity contribution in [3.05, 3.63) is 108 Å². The fourth-order valence-corrected chi connectivity index (χ4v) is 7.24. The number of ketones is 4. The van der Waals surface area contributed by atoms with Crippen LogP contribution in [0.15, 0.2) is 91.0 Å². The minimum absolute atomic E-state index is 0.0247. The smallest absolute Gasteiger partial charge is 0.338 e. The molecular formula is C43H44O19. The molecule has 0 bridgehead atoms. The molecule has 5 rings (SSSR count). The zero-order valence-corrected chi connectivity index (χ0v) is 33.9. The molecule has 0 aliphatic carbocycles. The first kappa shape index (κ1) is 47.0. The van der Waals surface area contributed by atoms with Gasteiger partial charge in [0.2, 0.25) is 23.6 Å². The summed E-state index contributed by atoms with van der Waals surface area (Å²) in [6.45, 7) is 2.62. The molecule has 330 valence electrons. The molecule has 2 aliphatic heterocycles. The fraction of sp³-hybridized carbons (Fsp3) is 0.395. The highest BCUT2D eigenvalue weighted by Gasteiger charge is 2.80. The lowest BCUT2D eigenvalue weighted by atomic mass is 9.60. The first-order valence-electron chi connectivity index (χ1n) is 19.0. The van der Waals surface area contributed by atoms with Crippen LogP contribution in [0.3, 0.4) is 0 Å². The second-order valence-corrected chi connectivity index (χ2v) is 14.5. The summed E-state index contributed by atoms with van der Waals surface area (Å²) < 4.78 is 40.6. The monoisotopic (exact) mass is 864 g/mol. The molecule has 0 spiro atoms. The van der Waals surface area contributed by atoms with Crippen molar-refractivity contribution in [3.8, 4) is 0 Å². The molecule has 0 amide bonds. The normalized spacial score (nSPS) is 29.9. The maximum atomic E-state index is 13.9. The maximum absolute atomic E-state index is 13.9. The summed E-state index contributed by atoms with van der Waals surface area (Å²) in [5.74, 6) is -10.3. The number of hydrogen-bond donors (Lipinski definition) is 4. The van der Waals surface area contributed by atoms with Crippen LogP contribution in [0.4, 0.5) is 0 Å². The molecule has 0 saturated carbocycles. The van der Waals surface area contributed by atoms with E-state index in [9.17, 15) is 58.8 Å². The van der Waals surface area contributed by atoms with E-state index in [1.165, 1.54) is 72.8 Å². The second-order valence-electron chi connectivity index (χ2n) is 14.5. The molecule has 2 heterocycles. The Morgan fingerprint density at radius 3 is 1.45 bits per heavy atom. The van der Waals surface area contributed by atoms with Gasteiger partial charge < -0.3 is 53.6 Å². The Kier molecular flexibility index (Phi) is 14.3. The van der Waals surface area contributed by atoms with Crippen molar-refractivity contribution >= 4 is 47.0 Å². The first-order chi connectivity index (χ1) is 29.2. The molecule has 62 heavy (non-hydrogen) atoms. The van der Waals surface area contributed by atoms with E-state index < -0.39 is 120 Å². The van der Waals surface area contributed by atoms with Gasteiger partial charge in [0, 0.05) is 6.92 Å². The van der Waals surface area contributed by atoms with Crippen molar-refractivity contribution in [2.75, 3.05) is 6.61 Å². The van der Waals surface area contributed by atoms with Crippen LogP contribution >= 0.6 is 0 Å². The molecule has 19 heteroatoms. The summed E-state index contributed by atoms with van der Waals surface area (Å²) in [6.07, 6.45) is -18.4. The van der Waals surface area contributed by atoms with Crippen LogP contribution < -0.4 is 0 Å². The molecule has 1 unspecified atom stereocenters. The Morgan fingerprint density at radius 2 is 1.03 bits per heavy atom. The molecule has 3 aromatic rings. The molecule has 0 aromatic heterocycles. The van der Waals surface area contributed by atoms with Gasteiger partial charge >= 0.3 is 23.9 Å². The quantitative estimate of drug-likeness (QED) is 0.120. The molecule has 4 N–H and O–H groups in total. The van der Waals surface area contributed by atoms with Crippen LogP contribution in [0.25, 0.3) is 0 Å². The third kappa shape index (κ3) is 8.82. The van der Waals surface area contributed by atoms with E-state index in [2.05, 4.69) is 0 Å². The highest BCUT2D eigenvalue weighted by Crippen LogP contribution is 2.49. The van der Waals surface area contributed by atoms with Crippen molar-refractivity contribution in [2.24, 2.45) is 0 Å². The number of aliphatic hydroxyl groups excluding tert-OH is 1. The molecular weight excluding hydrogens is 820 g/mol. The average Bonchev–Trinajstić information content (AvgIpc) is 3.24. The number of hydrogen-bond acceptors (Lipinski definition) is 19. The summed E-state index contributed by atoms with van der Waals surface area (Å²) in [5.41, 5.74) is -11.7. The molecule has 2 saturated heterocycles. The number of benzene rings is 3. The lowest BCUT2D eigenvalue weighted by Crippen LogP contribution is -2.87. The van der Waals surface area contributed by atoms with Gasteiger partial charge in [-0.05, 0) is 64.1 Å². The Hall–Kier alpha value is -6.06. The fourth-order valence-electron chi connectivity index (χ4n) is 7.24. The summed E-state index contributed by atoms with van der Waals surface area (Å²) in [6, 6.07) is 21.9. The zero-order chi connectivity index (χ0) is 45.7. The largest absolute Gasteiger partial charge is 0.459 e. The summed E-state index contributed by atoms with van der Waals surface area (Å²) in [7, 11) is 0. The number of Topliss-reactive ketones (excluding diaryl/α,β-unsaturated/α-hetero) is 4. The SMILES string of the molecule is CC(=O)O[C@H]1O[C@H](COC(=O)c2ccccc2)[C@H](O[C@@H]2O[C@H](C(O)C(C)=O)[C@@](O)(C(C)=O)[C@@](O)(C(C)=O)[C@]2(O)C(C)=O)[C@H](OC(=O)c2ccccc2)[C@H]1OC(=O)c1ccccc1. The van der Waals surface area contributed by atoms with Gasteiger partial charge in [0.1, 0.15) is 31.0 Å². The second kappa shape index (κ2) is 18.9. The summed E-state index contributed by atoms with van der Waals surface area (Å²) in [5, 5.41) is 47.5. The van der Waals surface area contributed by atoms with Gasteiger partial charge in [-0.15, -0.1) is 0 Å². The molecule has 0 radical (unpaired) electrons. The number of ether oxygens (including phenoxy) is 7. The van der Waals surface area contributed by atoms with Gasteiger partial charge in [0.15, 0.2) is 41.1 Å².